The lowest BCUT2D eigenvalue weighted by Crippen LogP contribution is -2.56. The van der Waals surface area contributed by atoms with Crippen LogP contribution in [0.3, 0.4) is 0 Å². The number of hydrogen-bond donors (Lipinski definition) is 4. The zero-order chi connectivity index (χ0) is 19.7. The van der Waals surface area contributed by atoms with Gasteiger partial charge < -0.3 is 25.2 Å². The van der Waals surface area contributed by atoms with Crippen LogP contribution in [0.25, 0.3) is 0 Å². The van der Waals surface area contributed by atoms with E-state index in [9.17, 15) is 20.4 Å². The largest absolute Gasteiger partial charge is 0.394 e. The third-order valence-electron chi connectivity index (χ3n) is 5.40. The summed E-state index contributed by atoms with van der Waals surface area (Å²) in [5.74, 6) is 0. The van der Waals surface area contributed by atoms with Crippen molar-refractivity contribution in [2.75, 3.05) is 6.61 Å². The van der Waals surface area contributed by atoms with Crippen molar-refractivity contribution in [1.82, 2.24) is 9.78 Å². The van der Waals surface area contributed by atoms with Crippen LogP contribution in [0, 0.1) is 13.8 Å². The lowest BCUT2D eigenvalue weighted by Gasteiger charge is -2.40. The molecule has 1 aromatic heterocycles. The highest BCUT2D eigenvalue weighted by atomic mass is 16.6. The van der Waals surface area contributed by atoms with Crippen molar-refractivity contribution in [3.63, 3.8) is 0 Å². The Morgan fingerprint density at radius 3 is 2.22 bits per heavy atom. The smallest absolute Gasteiger partial charge is 0.179 e. The Bertz CT molecular complexity index is 771. The fourth-order valence-electron chi connectivity index (χ4n) is 3.58. The van der Waals surface area contributed by atoms with Gasteiger partial charge in [-0.05, 0) is 31.4 Å². The molecule has 4 N–H and O–H groups in total. The number of nitrogens with zero attached hydrogens (tertiary/aromatic N) is 2. The highest BCUT2D eigenvalue weighted by Crippen LogP contribution is 2.31. The zero-order valence-electron chi connectivity index (χ0n) is 15.9. The number of rotatable bonds is 5. The number of ether oxygens (including phenoxy) is 1. The number of aliphatic hydroxyl groups excluding tert-OH is 4. The summed E-state index contributed by atoms with van der Waals surface area (Å²) in [6.07, 6.45) is -4.40. The zero-order valence-corrected chi connectivity index (χ0v) is 15.9. The SMILES string of the molecule is CCc1ccc(Cc2c(C)nn(C3O[C@H](CO)[C@@H](O)C(O)[C@H]3O)c2C)cc1. The topological polar surface area (TPSA) is 108 Å². The Morgan fingerprint density at radius 1 is 1.00 bits per heavy atom. The molecule has 5 atom stereocenters. The Balaban J connectivity index is 1.88. The third-order valence-corrected chi connectivity index (χ3v) is 5.40. The molecule has 2 heterocycles. The van der Waals surface area contributed by atoms with Gasteiger partial charge in [0.05, 0.1) is 12.3 Å². The first kappa shape index (κ1) is 20.0. The number of aromatic nitrogens is 2. The van der Waals surface area contributed by atoms with Crippen LogP contribution in [-0.4, -0.2) is 61.2 Å². The quantitative estimate of drug-likeness (QED) is 0.610. The Morgan fingerprint density at radius 2 is 1.63 bits per heavy atom. The second kappa shape index (κ2) is 8.08. The van der Waals surface area contributed by atoms with Crippen LogP contribution >= 0.6 is 0 Å². The third kappa shape index (κ3) is 3.79. The molecule has 3 rings (SSSR count). The van der Waals surface area contributed by atoms with E-state index in [0.29, 0.717) is 6.42 Å². The van der Waals surface area contributed by atoms with Gasteiger partial charge in [-0.25, -0.2) is 4.68 Å². The van der Waals surface area contributed by atoms with Gasteiger partial charge in [0.1, 0.15) is 24.4 Å². The van der Waals surface area contributed by atoms with Crippen LogP contribution in [0.15, 0.2) is 24.3 Å². The monoisotopic (exact) mass is 376 g/mol. The molecule has 1 saturated heterocycles. The van der Waals surface area contributed by atoms with Crippen molar-refractivity contribution in [3.8, 4) is 0 Å². The Kier molecular flexibility index (Phi) is 5.98. The first-order chi connectivity index (χ1) is 12.9. The minimum absolute atomic E-state index is 0.461. The molecule has 2 unspecified atom stereocenters. The van der Waals surface area contributed by atoms with Crippen LogP contribution in [-0.2, 0) is 17.6 Å². The van der Waals surface area contributed by atoms with E-state index in [1.807, 2.05) is 13.8 Å². The highest BCUT2D eigenvalue weighted by Gasteiger charge is 2.45. The molecule has 0 amide bonds. The van der Waals surface area contributed by atoms with E-state index in [0.717, 1.165) is 28.9 Å². The predicted molar refractivity (Wildman–Crippen MR) is 99.3 cm³/mol. The average Bonchev–Trinajstić information content (AvgIpc) is 2.95. The normalized spacial score (nSPS) is 28.5. The molecule has 0 bridgehead atoms. The maximum absolute atomic E-state index is 10.4. The highest BCUT2D eigenvalue weighted by molar-refractivity contribution is 5.33. The number of hydrogen-bond acceptors (Lipinski definition) is 6. The summed E-state index contributed by atoms with van der Waals surface area (Å²) in [5, 5.41) is 44.3. The summed E-state index contributed by atoms with van der Waals surface area (Å²) in [4.78, 5) is 0. The summed E-state index contributed by atoms with van der Waals surface area (Å²) in [7, 11) is 0. The van der Waals surface area contributed by atoms with Gasteiger partial charge in [0, 0.05) is 17.7 Å². The number of benzene rings is 1. The van der Waals surface area contributed by atoms with Gasteiger partial charge in [0.2, 0.25) is 0 Å². The van der Waals surface area contributed by atoms with Crippen molar-refractivity contribution >= 4 is 0 Å². The van der Waals surface area contributed by atoms with E-state index in [1.165, 1.54) is 10.2 Å². The van der Waals surface area contributed by atoms with Crippen LogP contribution in [0.1, 0.15) is 41.2 Å². The maximum Gasteiger partial charge on any atom is 0.179 e. The second-order valence-corrected chi connectivity index (χ2v) is 7.16. The van der Waals surface area contributed by atoms with E-state index in [4.69, 9.17) is 4.74 Å². The van der Waals surface area contributed by atoms with Crippen molar-refractivity contribution < 1.29 is 25.2 Å². The van der Waals surface area contributed by atoms with Gasteiger partial charge in [0.25, 0.3) is 0 Å². The van der Waals surface area contributed by atoms with Crippen molar-refractivity contribution in [2.45, 2.75) is 64.3 Å². The summed E-state index contributed by atoms with van der Waals surface area (Å²) < 4.78 is 7.17. The molecule has 0 spiro atoms. The molecule has 1 aromatic carbocycles. The van der Waals surface area contributed by atoms with E-state index >= 15 is 0 Å². The summed E-state index contributed by atoms with van der Waals surface area (Å²) >= 11 is 0. The van der Waals surface area contributed by atoms with E-state index in [-0.39, 0.29) is 0 Å². The molecule has 2 aromatic rings. The fourth-order valence-corrected chi connectivity index (χ4v) is 3.58. The molecule has 148 valence electrons. The Labute approximate surface area is 158 Å². The van der Waals surface area contributed by atoms with Gasteiger partial charge in [-0.2, -0.15) is 5.10 Å². The lowest BCUT2D eigenvalue weighted by molar-refractivity contribution is -0.254. The minimum atomic E-state index is -1.42. The standard InChI is InChI=1S/C20H28N2O5/c1-4-13-5-7-14(8-6-13)9-15-11(2)21-22(12(15)3)20-19(26)18(25)17(24)16(10-23)27-20/h5-8,16-20,23-26H,4,9-10H2,1-3H3/t16-,17-,18?,19-,20?/m1/s1. The van der Waals surface area contributed by atoms with Crippen molar-refractivity contribution in [2.24, 2.45) is 0 Å². The maximum atomic E-state index is 10.4. The number of aryl methyl sites for hydroxylation is 2. The Hall–Kier alpha value is -1.77. The van der Waals surface area contributed by atoms with Crippen LogP contribution in [0.2, 0.25) is 0 Å². The van der Waals surface area contributed by atoms with Crippen molar-refractivity contribution in [1.29, 1.82) is 0 Å². The lowest BCUT2D eigenvalue weighted by atomic mass is 9.98. The van der Waals surface area contributed by atoms with Crippen molar-refractivity contribution in [3.05, 3.63) is 52.3 Å². The van der Waals surface area contributed by atoms with Crippen LogP contribution < -0.4 is 0 Å². The molecule has 27 heavy (non-hydrogen) atoms. The van der Waals surface area contributed by atoms with E-state index in [1.54, 1.807) is 0 Å². The molecular weight excluding hydrogens is 348 g/mol. The molecule has 0 radical (unpaired) electrons. The molecule has 1 fully saturated rings. The minimum Gasteiger partial charge on any atom is -0.394 e. The molecule has 1 aliphatic heterocycles. The number of aliphatic hydroxyl groups is 4. The molecule has 7 heteroatoms. The molecular formula is C20H28N2O5. The molecule has 0 aliphatic carbocycles. The van der Waals surface area contributed by atoms with E-state index < -0.39 is 37.3 Å². The van der Waals surface area contributed by atoms with Gasteiger partial charge in [-0.15, -0.1) is 0 Å². The van der Waals surface area contributed by atoms with Gasteiger partial charge in [0.15, 0.2) is 6.23 Å². The van der Waals surface area contributed by atoms with Crippen LogP contribution in [0.5, 0.6) is 0 Å². The molecule has 1 aliphatic rings. The summed E-state index contributed by atoms with van der Waals surface area (Å²) in [5.41, 5.74) is 5.09. The fraction of sp³-hybridized carbons (Fsp3) is 0.550. The average molecular weight is 376 g/mol. The molecule has 0 saturated carbocycles. The van der Waals surface area contributed by atoms with Gasteiger partial charge >= 0.3 is 0 Å². The van der Waals surface area contributed by atoms with Gasteiger partial charge in [-0.1, -0.05) is 31.2 Å². The first-order valence-corrected chi connectivity index (χ1v) is 9.30. The molecule has 7 nitrogen and oxygen atoms in total. The summed E-state index contributed by atoms with van der Waals surface area (Å²) in [6, 6.07) is 8.43. The summed E-state index contributed by atoms with van der Waals surface area (Å²) in [6.45, 7) is 5.44. The van der Waals surface area contributed by atoms with E-state index in [2.05, 4.69) is 36.3 Å². The predicted octanol–water partition coefficient (Wildman–Crippen LogP) is 0.626. The first-order valence-electron chi connectivity index (χ1n) is 9.30. The van der Waals surface area contributed by atoms with Gasteiger partial charge in [-0.3, -0.25) is 0 Å². The van der Waals surface area contributed by atoms with Crippen LogP contribution in [0.4, 0.5) is 0 Å². The second-order valence-electron chi connectivity index (χ2n) is 7.16.